The minimum atomic E-state index is -0.327. The van der Waals surface area contributed by atoms with Crippen molar-refractivity contribution in [1.82, 2.24) is 15.0 Å². The molecule has 0 unspecified atom stereocenters. The molecule has 0 saturated carbocycles. The van der Waals surface area contributed by atoms with E-state index in [0.717, 1.165) is 15.9 Å². The summed E-state index contributed by atoms with van der Waals surface area (Å²) >= 11 is 0. The fourth-order valence-electron chi connectivity index (χ4n) is 3.04. The van der Waals surface area contributed by atoms with E-state index >= 15 is 0 Å². The van der Waals surface area contributed by atoms with E-state index in [9.17, 15) is 9.59 Å². The van der Waals surface area contributed by atoms with Crippen LogP contribution in [0.5, 0.6) is 0 Å². The molecular formula is C22H18N4O2. The third-order valence-electron chi connectivity index (χ3n) is 4.47. The highest BCUT2D eigenvalue weighted by atomic mass is 16.2. The summed E-state index contributed by atoms with van der Waals surface area (Å²) in [6, 6.07) is 26.1. The molecule has 0 radical (unpaired) electrons. The number of nitrogens with zero attached hydrogens (tertiary/aromatic N) is 4. The first-order valence-corrected chi connectivity index (χ1v) is 8.94. The van der Waals surface area contributed by atoms with E-state index < -0.39 is 0 Å². The van der Waals surface area contributed by atoms with Crippen LogP contribution in [0.4, 0.5) is 5.69 Å². The van der Waals surface area contributed by atoms with E-state index in [-0.39, 0.29) is 18.0 Å². The van der Waals surface area contributed by atoms with Crippen molar-refractivity contribution in [3.8, 4) is 0 Å². The van der Waals surface area contributed by atoms with Gasteiger partial charge < -0.3 is 4.90 Å². The molecule has 28 heavy (non-hydrogen) atoms. The summed E-state index contributed by atoms with van der Waals surface area (Å²) < 4.78 is 1.12. The molecule has 6 heteroatoms. The van der Waals surface area contributed by atoms with E-state index in [1.807, 2.05) is 60.7 Å². The van der Waals surface area contributed by atoms with Gasteiger partial charge in [-0.25, -0.2) is 4.68 Å². The number of para-hydroxylation sites is 1. The summed E-state index contributed by atoms with van der Waals surface area (Å²) in [5.74, 6) is -0.235. The Morgan fingerprint density at radius 2 is 1.50 bits per heavy atom. The minimum Gasteiger partial charge on any atom is -0.306 e. The van der Waals surface area contributed by atoms with E-state index in [1.165, 1.54) is 0 Å². The summed E-state index contributed by atoms with van der Waals surface area (Å²) in [5.41, 5.74) is 1.95. The molecule has 0 aliphatic heterocycles. The van der Waals surface area contributed by atoms with Crippen LogP contribution in [0.1, 0.15) is 5.56 Å². The highest BCUT2D eigenvalue weighted by molar-refractivity contribution is 5.93. The molecule has 0 aliphatic carbocycles. The first-order chi connectivity index (χ1) is 13.7. The lowest BCUT2D eigenvalue weighted by atomic mass is 10.2. The van der Waals surface area contributed by atoms with Crippen LogP contribution in [-0.4, -0.2) is 20.9 Å². The van der Waals surface area contributed by atoms with Gasteiger partial charge in [-0.05, 0) is 29.8 Å². The number of carbonyl (C=O) groups is 1. The van der Waals surface area contributed by atoms with Gasteiger partial charge in [0.05, 0.1) is 11.9 Å². The predicted molar refractivity (Wildman–Crippen MR) is 108 cm³/mol. The maximum Gasteiger partial charge on any atom is 0.278 e. The second kappa shape index (κ2) is 7.84. The Labute approximate surface area is 161 Å². The molecule has 0 N–H and O–H groups in total. The Kier molecular flexibility index (Phi) is 4.93. The number of rotatable bonds is 5. The summed E-state index contributed by atoms with van der Waals surface area (Å²) in [6.45, 7) is 0.220. The largest absolute Gasteiger partial charge is 0.306 e. The van der Waals surface area contributed by atoms with Crippen LogP contribution in [-0.2, 0) is 17.9 Å². The van der Waals surface area contributed by atoms with Crippen molar-refractivity contribution in [3.63, 3.8) is 0 Å². The lowest BCUT2D eigenvalue weighted by molar-refractivity contribution is -0.119. The molecular weight excluding hydrogens is 352 g/mol. The standard InChI is InChI=1S/C22H18N4O2/c27-21(16-26-22(28)19-13-7-8-14-20(19)23-24-26)25(18-11-5-2-6-12-18)15-17-9-3-1-4-10-17/h1-14H,15-16H2. The summed E-state index contributed by atoms with van der Waals surface area (Å²) in [6.07, 6.45) is 0. The Morgan fingerprint density at radius 1 is 0.857 bits per heavy atom. The van der Waals surface area contributed by atoms with Crippen LogP contribution in [0.2, 0.25) is 0 Å². The quantitative estimate of drug-likeness (QED) is 0.542. The van der Waals surface area contributed by atoms with Gasteiger partial charge in [-0.3, -0.25) is 9.59 Å². The number of fused-ring (bicyclic) bond motifs is 1. The molecule has 0 fully saturated rings. The Hall–Kier alpha value is -3.80. The van der Waals surface area contributed by atoms with Crippen molar-refractivity contribution in [1.29, 1.82) is 0 Å². The molecule has 4 aromatic rings. The second-order valence-electron chi connectivity index (χ2n) is 6.37. The predicted octanol–water partition coefficient (Wildman–Crippen LogP) is 3.02. The first-order valence-electron chi connectivity index (χ1n) is 8.94. The molecule has 0 aliphatic rings. The van der Waals surface area contributed by atoms with Crippen molar-refractivity contribution < 1.29 is 4.79 Å². The van der Waals surface area contributed by atoms with Gasteiger partial charge in [0.2, 0.25) is 5.91 Å². The van der Waals surface area contributed by atoms with Crippen molar-refractivity contribution in [2.75, 3.05) is 4.90 Å². The van der Waals surface area contributed by atoms with Gasteiger partial charge in [0.1, 0.15) is 12.1 Å². The third kappa shape index (κ3) is 3.66. The fraction of sp³-hybridized carbons (Fsp3) is 0.0909. The van der Waals surface area contributed by atoms with Crippen molar-refractivity contribution in [3.05, 3.63) is 101 Å². The van der Waals surface area contributed by atoms with Crippen LogP contribution in [0.25, 0.3) is 10.9 Å². The van der Waals surface area contributed by atoms with E-state index in [0.29, 0.717) is 17.4 Å². The molecule has 138 valence electrons. The number of aromatic nitrogens is 3. The molecule has 1 aromatic heterocycles. The molecule has 1 amide bonds. The average Bonchev–Trinajstić information content (AvgIpc) is 2.75. The van der Waals surface area contributed by atoms with Crippen LogP contribution in [0.3, 0.4) is 0 Å². The van der Waals surface area contributed by atoms with Gasteiger partial charge in [0.15, 0.2) is 0 Å². The van der Waals surface area contributed by atoms with Gasteiger partial charge in [0.25, 0.3) is 5.56 Å². The van der Waals surface area contributed by atoms with Gasteiger partial charge in [-0.15, -0.1) is 5.10 Å². The van der Waals surface area contributed by atoms with Crippen LogP contribution < -0.4 is 10.5 Å². The SMILES string of the molecule is O=C(Cn1nnc2ccccc2c1=O)N(Cc1ccccc1)c1ccccc1. The molecule has 0 bridgehead atoms. The number of hydrogen-bond acceptors (Lipinski definition) is 4. The van der Waals surface area contributed by atoms with E-state index in [2.05, 4.69) is 10.3 Å². The molecule has 0 atom stereocenters. The molecule has 0 saturated heterocycles. The van der Waals surface area contributed by atoms with Gasteiger partial charge in [0, 0.05) is 5.69 Å². The molecule has 1 heterocycles. The summed E-state index contributed by atoms with van der Waals surface area (Å²) in [5, 5.41) is 8.43. The summed E-state index contributed by atoms with van der Waals surface area (Å²) in [7, 11) is 0. The zero-order chi connectivity index (χ0) is 19.3. The van der Waals surface area contributed by atoms with Crippen LogP contribution in [0.15, 0.2) is 89.7 Å². The van der Waals surface area contributed by atoms with Gasteiger partial charge >= 0.3 is 0 Å². The van der Waals surface area contributed by atoms with Crippen molar-refractivity contribution in [2.24, 2.45) is 0 Å². The number of benzene rings is 3. The third-order valence-corrected chi connectivity index (χ3v) is 4.47. The molecule has 4 rings (SSSR count). The Bertz CT molecular complexity index is 1160. The fourth-order valence-corrected chi connectivity index (χ4v) is 3.04. The zero-order valence-electron chi connectivity index (χ0n) is 15.1. The Morgan fingerprint density at radius 3 is 2.25 bits per heavy atom. The van der Waals surface area contributed by atoms with Crippen molar-refractivity contribution in [2.45, 2.75) is 13.1 Å². The van der Waals surface area contributed by atoms with Crippen LogP contribution in [0, 0.1) is 0 Å². The normalized spacial score (nSPS) is 10.7. The maximum absolute atomic E-state index is 13.1. The number of carbonyl (C=O) groups excluding carboxylic acids is 1. The highest BCUT2D eigenvalue weighted by Gasteiger charge is 2.18. The number of amides is 1. The monoisotopic (exact) mass is 370 g/mol. The van der Waals surface area contributed by atoms with Crippen molar-refractivity contribution >= 4 is 22.5 Å². The summed E-state index contributed by atoms with van der Waals surface area (Å²) in [4.78, 5) is 27.4. The molecule has 3 aromatic carbocycles. The number of anilines is 1. The number of hydrogen-bond donors (Lipinski definition) is 0. The minimum absolute atomic E-state index is 0.182. The van der Waals surface area contributed by atoms with E-state index in [1.54, 1.807) is 29.2 Å². The maximum atomic E-state index is 13.1. The lowest BCUT2D eigenvalue weighted by Crippen LogP contribution is -2.37. The molecule has 0 spiro atoms. The smallest absolute Gasteiger partial charge is 0.278 e. The molecule has 6 nitrogen and oxygen atoms in total. The highest BCUT2D eigenvalue weighted by Crippen LogP contribution is 2.17. The Balaban J connectivity index is 1.66. The van der Waals surface area contributed by atoms with E-state index in [4.69, 9.17) is 0 Å². The first kappa shape index (κ1) is 17.6. The second-order valence-corrected chi connectivity index (χ2v) is 6.37. The lowest BCUT2D eigenvalue weighted by Gasteiger charge is -2.23. The van der Waals surface area contributed by atoms with Crippen LogP contribution >= 0.6 is 0 Å². The zero-order valence-corrected chi connectivity index (χ0v) is 15.1. The average molecular weight is 370 g/mol. The van der Waals surface area contributed by atoms with Gasteiger partial charge in [-0.1, -0.05) is 65.9 Å². The van der Waals surface area contributed by atoms with Gasteiger partial charge in [-0.2, -0.15) is 0 Å². The topological polar surface area (TPSA) is 68.1 Å².